The molecule has 8 heteroatoms. The molecule has 1 fully saturated rings. The summed E-state index contributed by atoms with van der Waals surface area (Å²) in [5, 5.41) is 0. The Labute approximate surface area is 161 Å². The first-order chi connectivity index (χ1) is 12.7. The number of nitrogens with zero attached hydrogens (tertiary/aromatic N) is 2. The van der Waals surface area contributed by atoms with E-state index in [2.05, 4.69) is 0 Å². The first kappa shape index (κ1) is 21.4. The maximum absolute atomic E-state index is 12.9. The van der Waals surface area contributed by atoms with Gasteiger partial charge >= 0.3 is 0 Å². The molecule has 2 amide bonds. The van der Waals surface area contributed by atoms with Crippen molar-refractivity contribution >= 4 is 21.7 Å². The molecule has 0 spiro atoms. The summed E-state index contributed by atoms with van der Waals surface area (Å²) in [6.45, 7) is 6.02. The van der Waals surface area contributed by atoms with E-state index >= 15 is 0 Å². The second kappa shape index (κ2) is 8.39. The number of piperazine rings is 1. The zero-order valence-electron chi connectivity index (χ0n) is 16.3. The molecular weight excluding hydrogens is 366 g/mol. The molecule has 27 heavy (non-hydrogen) atoms. The highest BCUT2D eigenvalue weighted by Crippen LogP contribution is 2.28. The van der Waals surface area contributed by atoms with Crippen molar-refractivity contribution in [2.75, 3.05) is 39.0 Å². The minimum absolute atomic E-state index is 0.0566. The van der Waals surface area contributed by atoms with Crippen molar-refractivity contribution in [2.45, 2.75) is 31.6 Å². The minimum Gasteiger partial charge on any atom is -0.339 e. The highest BCUT2D eigenvalue weighted by molar-refractivity contribution is 7.90. The van der Waals surface area contributed by atoms with E-state index in [1.54, 1.807) is 21.9 Å². The lowest BCUT2D eigenvalue weighted by atomic mass is 9.81. The maximum Gasteiger partial charge on any atom is 0.254 e. The van der Waals surface area contributed by atoms with Gasteiger partial charge in [0.2, 0.25) is 5.91 Å². The molecule has 0 aliphatic carbocycles. The number of benzene rings is 1. The zero-order valence-corrected chi connectivity index (χ0v) is 17.1. The first-order valence-electron chi connectivity index (χ1n) is 9.27. The molecule has 0 saturated carbocycles. The van der Waals surface area contributed by atoms with Gasteiger partial charge in [-0.25, -0.2) is 8.42 Å². The van der Waals surface area contributed by atoms with Crippen molar-refractivity contribution in [1.29, 1.82) is 0 Å². The summed E-state index contributed by atoms with van der Waals surface area (Å²) in [6, 6.07) is 6.07. The monoisotopic (exact) mass is 395 g/mol. The molecule has 7 nitrogen and oxygen atoms in total. The highest BCUT2D eigenvalue weighted by Gasteiger charge is 2.38. The van der Waals surface area contributed by atoms with Crippen LogP contribution in [-0.2, 0) is 14.6 Å². The van der Waals surface area contributed by atoms with Gasteiger partial charge < -0.3 is 15.5 Å². The van der Waals surface area contributed by atoms with Crippen molar-refractivity contribution < 1.29 is 18.0 Å². The van der Waals surface area contributed by atoms with Crippen molar-refractivity contribution in [3.05, 3.63) is 29.8 Å². The molecule has 0 unspecified atom stereocenters. The van der Waals surface area contributed by atoms with Gasteiger partial charge in [-0.2, -0.15) is 0 Å². The van der Waals surface area contributed by atoms with Gasteiger partial charge in [-0.15, -0.1) is 0 Å². The summed E-state index contributed by atoms with van der Waals surface area (Å²) >= 11 is 0. The number of amides is 2. The normalized spacial score (nSPS) is 15.7. The quantitative estimate of drug-likeness (QED) is 0.778. The fourth-order valence-electron chi connectivity index (χ4n) is 3.42. The average Bonchev–Trinajstić information content (AvgIpc) is 2.68. The van der Waals surface area contributed by atoms with Gasteiger partial charge in [0.05, 0.1) is 10.3 Å². The molecule has 1 heterocycles. The third-order valence-electron chi connectivity index (χ3n) is 5.56. The Morgan fingerprint density at radius 3 is 2.11 bits per heavy atom. The molecule has 1 aromatic carbocycles. The number of rotatable bonds is 6. The van der Waals surface area contributed by atoms with Crippen LogP contribution in [0.1, 0.15) is 37.0 Å². The molecule has 1 saturated heterocycles. The van der Waals surface area contributed by atoms with E-state index in [4.69, 9.17) is 5.73 Å². The van der Waals surface area contributed by atoms with Crippen LogP contribution in [0.5, 0.6) is 0 Å². The molecule has 0 atom stereocenters. The number of carbonyl (C=O) groups excluding carboxylic acids is 2. The molecule has 1 aliphatic heterocycles. The molecule has 2 N–H and O–H groups in total. The van der Waals surface area contributed by atoms with Crippen LogP contribution in [0.15, 0.2) is 29.2 Å². The third-order valence-corrected chi connectivity index (χ3v) is 6.67. The first-order valence-corrected chi connectivity index (χ1v) is 11.2. The van der Waals surface area contributed by atoms with Gasteiger partial charge in [-0.3, -0.25) is 9.59 Å². The van der Waals surface area contributed by atoms with E-state index in [-0.39, 0.29) is 16.7 Å². The predicted molar refractivity (Wildman–Crippen MR) is 104 cm³/mol. The second-order valence-corrected chi connectivity index (χ2v) is 9.09. The molecule has 1 aliphatic rings. The van der Waals surface area contributed by atoms with Crippen molar-refractivity contribution in [1.82, 2.24) is 9.80 Å². The lowest BCUT2D eigenvalue weighted by Gasteiger charge is -2.40. The molecule has 0 bridgehead atoms. The number of hydrogen-bond donors (Lipinski definition) is 1. The van der Waals surface area contributed by atoms with Crippen molar-refractivity contribution in [3.63, 3.8) is 0 Å². The van der Waals surface area contributed by atoms with E-state index in [1.165, 1.54) is 12.1 Å². The summed E-state index contributed by atoms with van der Waals surface area (Å²) in [4.78, 5) is 29.2. The summed E-state index contributed by atoms with van der Waals surface area (Å²) in [5.74, 6) is -0.162. The fourth-order valence-corrected chi connectivity index (χ4v) is 4.09. The SMILES string of the molecule is CCC(CC)(CN)C(=O)N1CCN(C(=O)c2cccc(S(C)(=O)=O)c2)CC1. The largest absolute Gasteiger partial charge is 0.339 e. The van der Waals surface area contributed by atoms with Gasteiger partial charge in [0, 0.05) is 44.5 Å². The van der Waals surface area contributed by atoms with Gasteiger partial charge in [-0.05, 0) is 31.0 Å². The average molecular weight is 396 g/mol. The Balaban J connectivity index is 2.07. The van der Waals surface area contributed by atoms with Crippen LogP contribution >= 0.6 is 0 Å². The number of nitrogens with two attached hydrogens (primary N) is 1. The Hall–Kier alpha value is -1.93. The van der Waals surface area contributed by atoms with Crippen LogP contribution in [0.3, 0.4) is 0 Å². The Bertz CT molecular complexity index is 787. The topological polar surface area (TPSA) is 101 Å². The molecule has 0 aromatic heterocycles. The van der Waals surface area contributed by atoms with Crippen LogP contribution in [0.4, 0.5) is 0 Å². The van der Waals surface area contributed by atoms with Crippen LogP contribution in [-0.4, -0.2) is 69.0 Å². The predicted octanol–water partition coefficient (Wildman–Crippen LogP) is 1.14. The fraction of sp³-hybridized carbons (Fsp3) is 0.579. The molecule has 1 aromatic rings. The third kappa shape index (κ3) is 4.50. The smallest absolute Gasteiger partial charge is 0.254 e. The molecule has 150 valence electrons. The van der Waals surface area contributed by atoms with E-state index in [1.807, 2.05) is 13.8 Å². The van der Waals surface area contributed by atoms with Gasteiger partial charge in [0.1, 0.15) is 0 Å². The molecule has 0 radical (unpaired) electrons. The lowest BCUT2D eigenvalue weighted by molar-refractivity contribution is -0.143. The molecular formula is C19H29N3O4S. The number of sulfone groups is 1. The van der Waals surface area contributed by atoms with E-state index in [9.17, 15) is 18.0 Å². The van der Waals surface area contributed by atoms with Crippen LogP contribution in [0.25, 0.3) is 0 Å². The standard InChI is InChI=1S/C19H29N3O4S/c1-4-19(5-2,14-20)18(24)22-11-9-21(10-12-22)17(23)15-7-6-8-16(13-15)27(3,25)26/h6-8,13H,4-5,9-12,14,20H2,1-3H3. The Kier molecular flexibility index (Phi) is 6.64. The zero-order chi connectivity index (χ0) is 20.2. The van der Waals surface area contributed by atoms with E-state index in [0.29, 0.717) is 51.1 Å². The van der Waals surface area contributed by atoms with Crippen molar-refractivity contribution in [2.24, 2.45) is 11.1 Å². The number of hydrogen-bond acceptors (Lipinski definition) is 5. The van der Waals surface area contributed by atoms with Gasteiger partial charge in [0.25, 0.3) is 5.91 Å². The summed E-state index contributed by atoms with van der Waals surface area (Å²) in [6.07, 6.45) is 2.50. The maximum atomic E-state index is 12.9. The Morgan fingerprint density at radius 2 is 1.63 bits per heavy atom. The van der Waals surface area contributed by atoms with Crippen LogP contribution in [0, 0.1) is 5.41 Å². The highest BCUT2D eigenvalue weighted by atomic mass is 32.2. The minimum atomic E-state index is -3.37. The molecule has 2 rings (SSSR count). The number of carbonyl (C=O) groups is 2. The van der Waals surface area contributed by atoms with Gasteiger partial charge in [-0.1, -0.05) is 19.9 Å². The van der Waals surface area contributed by atoms with Crippen LogP contribution < -0.4 is 5.73 Å². The summed E-state index contributed by atoms with van der Waals surface area (Å²) < 4.78 is 23.4. The van der Waals surface area contributed by atoms with E-state index < -0.39 is 15.3 Å². The van der Waals surface area contributed by atoms with E-state index in [0.717, 1.165) is 6.26 Å². The summed E-state index contributed by atoms with van der Waals surface area (Å²) in [5.41, 5.74) is 5.69. The van der Waals surface area contributed by atoms with Crippen molar-refractivity contribution in [3.8, 4) is 0 Å². The Morgan fingerprint density at radius 1 is 1.07 bits per heavy atom. The lowest BCUT2D eigenvalue weighted by Crippen LogP contribution is -2.55. The summed E-state index contributed by atoms with van der Waals surface area (Å²) in [7, 11) is -3.37. The second-order valence-electron chi connectivity index (χ2n) is 7.08. The van der Waals surface area contributed by atoms with Gasteiger partial charge in [0.15, 0.2) is 9.84 Å². The van der Waals surface area contributed by atoms with Crippen LogP contribution in [0.2, 0.25) is 0 Å².